The van der Waals surface area contributed by atoms with Gasteiger partial charge in [-0.2, -0.15) is 0 Å². The van der Waals surface area contributed by atoms with Crippen LogP contribution >= 0.6 is 11.3 Å². The number of aliphatic hydroxyl groups excluding tert-OH is 2. The first-order chi connectivity index (χ1) is 10.0. The molecule has 0 saturated carbocycles. The summed E-state index contributed by atoms with van der Waals surface area (Å²) < 4.78 is 6.04. The number of aliphatic hydroxyl groups is 2. The van der Waals surface area contributed by atoms with Crippen LogP contribution in [0.25, 0.3) is 10.1 Å². The third-order valence-corrected chi connectivity index (χ3v) is 4.83. The minimum absolute atomic E-state index is 0.122. The molecule has 1 fully saturated rings. The number of β-amino-alcohol motifs (C(OH)–C–C–N with tert-alkyl or cyclic N) is 2. The monoisotopic (exact) mass is 308 g/mol. The SMILES string of the molecule is COc1ccc2c(N)c(C(=O)N3CC(O)C(O)C3)sc2c1. The Balaban J connectivity index is 1.97. The number of hydrogen-bond acceptors (Lipinski definition) is 6. The van der Waals surface area contributed by atoms with E-state index in [-0.39, 0.29) is 19.0 Å². The molecular formula is C14H16N2O4S. The van der Waals surface area contributed by atoms with Crippen molar-refractivity contribution >= 4 is 33.0 Å². The van der Waals surface area contributed by atoms with Gasteiger partial charge in [0.25, 0.3) is 5.91 Å². The Kier molecular flexibility index (Phi) is 3.48. The lowest BCUT2D eigenvalue weighted by Gasteiger charge is -2.14. The van der Waals surface area contributed by atoms with Gasteiger partial charge in [0.05, 0.1) is 25.0 Å². The molecule has 1 aliphatic heterocycles. The molecule has 3 rings (SSSR count). The Morgan fingerprint density at radius 3 is 2.67 bits per heavy atom. The quantitative estimate of drug-likeness (QED) is 0.758. The molecule has 0 bridgehead atoms. The molecular weight excluding hydrogens is 292 g/mol. The van der Waals surface area contributed by atoms with Crippen molar-refractivity contribution in [2.45, 2.75) is 12.2 Å². The lowest BCUT2D eigenvalue weighted by molar-refractivity contribution is 0.0572. The first-order valence-electron chi connectivity index (χ1n) is 6.52. The van der Waals surface area contributed by atoms with Crippen molar-refractivity contribution in [3.63, 3.8) is 0 Å². The molecule has 7 heteroatoms. The van der Waals surface area contributed by atoms with Crippen LogP contribution in [0.15, 0.2) is 18.2 Å². The smallest absolute Gasteiger partial charge is 0.266 e. The first-order valence-corrected chi connectivity index (χ1v) is 7.34. The van der Waals surface area contributed by atoms with Crippen molar-refractivity contribution < 1.29 is 19.7 Å². The second-order valence-electron chi connectivity index (χ2n) is 5.05. The van der Waals surface area contributed by atoms with Gasteiger partial charge in [0.15, 0.2) is 0 Å². The van der Waals surface area contributed by atoms with E-state index in [0.717, 1.165) is 10.1 Å². The number of ether oxygens (including phenoxy) is 1. The summed E-state index contributed by atoms with van der Waals surface area (Å²) in [5.41, 5.74) is 6.49. The van der Waals surface area contributed by atoms with Crippen LogP contribution in [-0.2, 0) is 0 Å². The maximum atomic E-state index is 12.5. The van der Waals surface area contributed by atoms with Crippen molar-refractivity contribution in [2.24, 2.45) is 0 Å². The number of amides is 1. The Hall–Kier alpha value is -1.83. The Bertz CT molecular complexity index is 690. The average Bonchev–Trinajstić information content (AvgIpc) is 2.99. The third kappa shape index (κ3) is 2.33. The molecule has 1 aliphatic rings. The maximum absolute atomic E-state index is 12.5. The van der Waals surface area contributed by atoms with Gasteiger partial charge in [0.1, 0.15) is 10.6 Å². The van der Waals surface area contributed by atoms with E-state index < -0.39 is 12.2 Å². The average molecular weight is 308 g/mol. The standard InChI is InChI=1S/C14H16N2O4S/c1-20-7-2-3-8-11(4-7)21-13(12(8)15)14(19)16-5-9(17)10(18)6-16/h2-4,9-10,17-18H,5-6,15H2,1H3. The van der Waals surface area contributed by atoms with Crippen LogP contribution in [0.5, 0.6) is 5.75 Å². The molecule has 2 heterocycles. The minimum Gasteiger partial charge on any atom is -0.497 e. The summed E-state index contributed by atoms with van der Waals surface area (Å²) in [7, 11) is 1.58. The van der Waals surface area contributed by atoms with Crippen LogP contribution in [0.3, 0.4) is 0 Å². The molecule has 2 aromatic rings. The number of carbonyl (C=O) groups excluding carboxylic acids is 1. The molecule has 4 N–H and O–H groups in total. The summed E-state index contributed by atoms with van der Waals surface area (Å²) in [6, 6.07) is 5.45. The second kappa shape index (κ2) is 5.18. The van der Waals surface area contributed by atoms with Gasteiger partial charge in [-0.05, 0) is 18.2 Å². The number of methoxy groups -OCH3 is 1. The van der Waals surface area contributed by atoms with Crippen molar-refractivity contribution in [3.05, 3.63) is 23.1 Å². The minimum atomic E-state index is -0.898. The van der Waals surface area contributed by atoms with Crippen molar-refractivity contribution in [3.8, 4) is 5.75 Å². The summed E-state index contributed by atoms with van der Waals surface area (Å²) >= 11 is 1.29. The summed E-state index contributed by atoms with van der Waals surface area (Å²) in [5.74, 6) is 0.443. The zero-order valence-electron chi connectivity index (χ0n) is 11.4. The summed E-state index contributed by atoms with van der Waals surface area (Å²) in [6.07, 6.45) is -1.80. The van der Waals surface area contributed by atoms with Gasteiger partial charge in [0.2, 0.25) is 0 Å². The summed E-state index contributed by atoms with van der Waals surface area (Å²) in [5, 5.41) is 19.9. The van der Waals surface area contributed by atoms with Gasteiger partial charge >= 0.3 is 0 Å². The highest BCUT2D eigenvalue weighted by atomic mass is 32.1. The highest BCUT2D eigenvalue weighted by Crippen LogP contribution is 2.36. The molecule has 1 amide bonds. The van der Waals surface area contributed by atoms with Crippen LogP contribution in [0.1, 0.15) is 9.67 Å². The molecule has 2 unspecified atom stereocenters. The highest BCUT2D eigenvalue weighted by molar-refractivity contribution is 7.21. The molecule has 112 valence electrons. The Labute approximate surface area is 125 Å². The molecule has 6 nitrogen and oxygen atoms in total. The molecule has 1 aromatic carbocycles. The Morgan fingerprint density at radius 2 is 2.05 bits per heavy atom. The Morgan fingerprint density at radius 1 is 1.38 bits per heavy atom. The van der Waals surface area contributed by atoms with Crippen LogP contribution in [-0.4, -0.2) is 53.4 Å². The van der Waals surface area contributed by atoms with E-state index in [1.165, 1.54) is 16.2 Å². The summed E-state index contributed by atoms with van der Waals surface area (Å²) in [4.78, 5) is 14.3. The van der Waals surface area contributed by atoms with Crippen LogP contribution < -0.4 is 10.5 Å². The van der Waals surface area contributed by atoms with E-state index >= 15 is 0 Å². The zero-order chi connectivity index (χ0) is 15.1. The van der Waals surface area contributed by atoms with Crippen LogP contribution in [0, 0.1) is 0 Å². The fourth-order valence-electron chi connectivity index (χ4n) is 2.46. The molecule has 1 aromatic heterocycles. The van der Waals surface area contributed by atoms with E-state index in [1.807, 2.05) is 12.1 Å². The molecule has 0 radical (unpaired) electrons. The number of thiophene rings is 1. The molecule has 0 aliphatic carbocycles. The van der Waals surface area contributed by atoms with Gasteiger partial charge in [-0.3, -0.25) is 4.79 Å². The number of nitrogens with zero attached hydrogens (tertiary/aromatic N) is 1. The number of likely N-dealkylation sites (tertiary alicyclic amines) is 1. The largest absolute Gasteiger partial charge is 0.497 e. The van der Waals surface area contributed by atoms with Gasteiger partial charge in [-0.15, -0.1) is 11.3 Å². The predicted molar refractivity (Wildman–Crippen MR) is 80.7 cm³/mol. The number of fused-ring (bicyclic) bond motifs is 1. The fourth-order valence-corrected chi connectivity index (χ4v) is 3.58. The topological polar surface area (TPSA) is 96.0 Å². The number of nitrogen functional groups attached to an aromatic ring is 1. The number of rotatable bonds is 2. The van der Waals surface area contributed by atoms with Gasteiger partial charge in [-0.25, -0.2) is 0 Å². The van der Waals surface area contributed by atoms with Crippen molar-refractivity contribution in [1.29, 1.82) is 0 Å². The molecule has 2 atom stereocenters. The normalized spacial score (nSPS) is 22.0. The second-order valence-corrected chi connectivity index (χ2v) is 6.10. The fraction of sp³-hybridized carbons (Fsp3) is 0.357. The number of hydrogen-bond donors (Lipinski definition) is 3. The summed E-state index contributed by atoms with van der Waals surface area (Å²) in [6.45, 7) is 0.244. The maximum Gasteiger partial charge on any atom is 0.266 e. The number of benzene rings is 1. The van der Waals surface area contributed by atoms with E-state index in [9.17, 15) is 15.0 Å². The van der Waals surface area contributed by atoms with Crippen LogP contribution in [0.4, 0.5) is 5.69 Å². The van der Waals surface area contributed by atoms with E-state index in [4.69, 9.17) is 10.5 Å². The van der Waals surface area contributed by atoms with Gasteiger partial charge in [0, 0.05) is 23.2 Å². The number of carbonyl (C=O) groups is 1. The van der Waals surface area contributed by atoms with Gasteiger partial charge in [-0.1, -0.05) is 0 Å². The highest BCUT2D eigenvalue weighted by Gasteiger charge is 2.34. The lowest BCUT2D eigenvalue weighted by Crippen LogP contribution is -2.29. The lowest BCUT2D eigenvalue weighted by atomic mass is 10.2. The molecule has 0 spiro atoms. The first kappa shape index (κ1) is 14.1. The van der Waals surface area contributed by atoms with Crippen molar-refractivity contribution in [2.75, 3.05) is 25.9 Å². The van der Waals surface area contributed by atoms with E-state index in [1.54, 1.807) is 13.2 Å². The number of anilines is 1. The van der Waals surface area contributed by atoms with Crippen molar-refractivity contribution in [1.82, 2.24) is 4.90 Å². The molecule has 1 saturated heterocycles. The van der Waals surface area contributed by atoms with E-state index in [0.29, 0.717) is 16.3 Å². The van der Waals surface area contributed by atoms with Gasteiger partial charge < -0.3 is 25.6 Å². The third-order valence-electron chi connectivity index (χ3n) is 3.68. The molecule has 21 heavy (non-hydrogen) atoms. The number of nitrogens with two attached hydrogens (primary N) is 1. The predicted octanol–water partition coefficient (Wildman–Crippen LogP) is 0.670. The van der Waals surface area contributed by atoms with Crippen LogP contribution in [0.2, 0.25) is 0 Å². The van der Waals surface area contributed by atoms with E-state index in [2.05, 4.69) is 0 Å². The zero-order valence-corrected chi connectivity index (χ0v) is 12.3.